The molecule has 20 heavy (non-hydrogen) atoms. The first-order valence-electron chi connectivity index (χ1n) is 4.93. The van der Waals surface area contributed by atoms with Gasteiger partial charge < -0.3 is 11.1 Å². The second kappa shape index (κ2) is 5.51. The quantitative estimate of drug-likeness (QED) is 0.616. The van der Waals surface area contributed by atoms with E-state index in [1.807, 2.05) is 0 Å². The van der Waals surface area contributed by atoms with Crippen LogP contribution in [-0.4, -0.2) is 12.1 Å². The van der Waals surface area contributed by atoms with E-state index in [1.165, 1.54) is 0 Å². The summed E-state index contributed by atoms with van der Waals surface area (Å²) in [7, 11) is 0. The zero-order valence-electron chi connectivity index (χ0n) is 9.49. The molecule has 0 aliphatic heterocycles. The van der Waals surface area contributed by atoms with E-state index in [0.29, 0.717) is 6.07 Å². The minimum absolute atomic E-state index is 0.291. The van der Waals surface area contributed by atoms with Crippen LogP contribution in [0.2, 0.25) is 0 Å². The molecule has 1 amide bonds. The molecule has 1 rings (SSSR count). The minimum Gasteiger partial charge on any atom is -0.397 e. The Hall–Kier alpha value is -1.45. The molecule has 112 valence electrons. The molecule has 0 radical (unpaired) electrons. The molecule has 3 nitrogen and oxygen atoms in total. The molecule has 0 heterocycles. The van der Waals surface area contributed by atoms with Crippen LogP contribution in [0.1, 0.15) is 12.0 Å². The van der Waals surface area contributed by atoms with Crippen molar-refractivity contribution in [1.29, 1.82) is 0 Å². The highest BCUT2D eigenvalue weighted by molar-refractivity contribution is 9.10. The summed E-state index contributed by atoms with van der Waals surface area (Å²) in [4.78, 5) is 11.0. The van der Waals surface area contributed by atoms with E-state index in [2.05, 4.69) is 15.9 Å². The number of hydrogen-bond acceptors (Lipinski definition) is 2. The predicted molar refractivity (Wildman–Crippen MR) is 62.9 cm³/mol. The molecule has 0 saturated heterocycles. The Labute approximate surface area is 117 Å². The topological polar surface area (TPSA) is 55.1 Å². The number of nitrogens with two attached hydrogens (primary N) is 1. The summed E-state index contributed by atoms with van der Waals surface area (Å²) in [5.41, 5.74) is 3.37. The average molecular weight is 365 g/mol. The number of carbonyl (C=O) groups is 1. The van der Waals surface area contributed by atoms with Crippen LogP contribution >= 0.6 is 15.9 Å². The molecule has 1 aromatic carbocycles. The van der Waals surface area contributed by atoms with Gasteiger partial charge in [0, 0.05) is 4.47 Å². The highest BCUT2D eigenvalue weighted by Gasteiger charge is 2.35. The Kier molecular flexibility index (Phi) is 4.57. The Balaban J connectivity index is 3.05. The molecule has 0 unspecified atom stereocenters. The minimum atomic E-state index is -4.76. The van der Waals surface area contributed by atoms with Crippen molar-refractivity contribution in [2.45, 2.75) is 18.8 Å². The lowest BCUT2D eigenvalue weighted by atomic mass is 10.1. The molecule has 0 saturated carbocycles. The maximum atomic E-state index is 12.6. The summed E-state index contributed by atoms with van der Waals surface area (Å²) in [5.74, 6) is -1.50. The average Bonchev–Trinajstić information content (AvgIpc) is 2.17. The van der Waals surface area contributed by atoms with E-state index >= 15 is 0 Å². The summed E-state index contributed by atoms with van der Waals surface area (Å²) in [5, 5.41) is 1.70. The monoisotopic (exact) mass is 364 g/mol. The number of hydrogen-bond donors (Lipinski definition) is 2. The number of nitrogen functional groups attached to an aromatic ring is 1. The lowest BCUT2D eigenvalue weighted by Gasteiger charge is -2.14. The fraction of sp³-hybridized carbons (Fsp3) is 0.300. The third-order valence-electron chi connectivity index (χ3n) is 2.08. The van der Waals surface area contributed by atoms with Crippen LogP contribution in [0.25, 0.3) is 0 Å². The maximum absolute atomic E-state index is 12.6. The number of benzene rings is 1. The van der Waals surface area contributed by atoms with Gasteiger partial charge in [0.15, 0.2) is 0 Å². The van der Waals surface area contributed by atoms with Crippen LogP contribution in [0.4, 0.5) is 37.7 Å². The number of alkyl halides is 6. The number of halogens is 7. The Morgan fingerprint density at radius 2 is 1.75 bits per heavy atom. The van der Waals surface area contributed by atoms with Gasteiger partial charge in [0.1, 0.15) is 6.42 Å². The van der Waals surface area contributed by atoms with Gasteiger partial charge in [-0.25, -0.2) is 0 Å². The van der Waals surface area contributed by atoms with Crippen molar-refractivity contribution in [2.24, 2.45) is 0 Å². The van der Waals surface area contributed by atoms with Crippen molar-refractivity contribution in [1.82, 2.24) is 0 Å². The summed E-state index contributed by atoms with van der Waals surface area (Å²) in [6.07, 6.45) is -11.3. The number of amides is 1. The molecule has 0 bridgehead atoms. The van der Waals surface area contributed by atoms with Crippen molar-refractivity contribution >= 4 is 33.2 Å². The second-order valence-electron chi connectivity index (χ2n) is 3.76. The van der Waals surface area contributed by atoms with E-state index in [-0.39, 0.29) is 10.2 Å². The first-order chi connectivity index (χ1) is 8.90. The predicted octanol–water partition coefficient (Wildman–Crippen LogP) is 3.94. The van der Waals surface area contributed by atoms with Crippen LogP contribution in [0.5, 0.6) is 0 Å². The summed E-state index contributed by atoms with van der Waals surface area (Å²) < 4.78 is 73.3. The normalized spacial score (nSPS) is 12.3. The Morgan fingerprint density at radius 3 is 2.20 bits per heavy atom. The van der Waals surface area contributed by atoms with Crippen molar-refractivity contribution in [3.8, 4) is 0 Å². The third-order valence-corrected chi connectivity index (χ3v) is 2.74. The van der Waals surface area contributed by atoms with E-state index in [1.54, 1.807) is 5.32 Å². The molecule has 0 spiro atoms. The van der Waals surface area contributed by atoms with Gasteiger partial charge in [-0.3, -0.25) is 4.79 Å². The van der Waals surface area contributed by atoms with Gasteiger partial charge in [-0.2, -0.15) is 26.3 Å². The van der Waals surface area contributed by atoms with Crippen LogP contribution < -0.4 is 11.1 Å². The zero-order valence-corrected chi connectivity index (χ0v) is 11.1. The van der Waals surface area contributed by atoms with E-state index in [9.17, 15) is 31.1 Å². The van der Waals surface area contributed by atoms with Gasteiger partial charge in [-0.15, -0.1) is 0 Å². The van der Waals surface area contributed by atoms with Crippen LogP contribution in [0.3, 0.4) is 0 Å². The summed E-state index contributed by atoms with van der Waals surface area (Å²) in [6.45, 7) is 0. The SMILES string of the molecule is Nc1cc(Br)c(C(F)(F)F)cc1NC(=O)CC(F)(F)F. The van der Waals surface area contributed by atoms with Crippen LogP contribution in [0, 0.1) is 0 Å². The second-order valence-corrected chi connectivity index (χ2v) is 4.61. The molecular formula is C10H7BrF6N2O. The standard InChI is InChI=1S/C10H7BrF6N2O/c11-5-2-6(18)7(1-4(5)10(15,16)17)19-8(20)3-9(12,13)14/h1-2H,3,18H2,(H,19,20). The third kappa shape index (κ3) is 4.58. The Morgan fingerprint density at radius 1 is 1.20 bits per heavy atom. The van der Waals surface area contributed by atoms with Crippen molar-refractivity contribution < 1.29 is 31.1 Å². The van der Waals surface area contributed by atoms with Gasteiger partial charge in [0.2, 0.25) is 5.91 Å². The van der Waals surface area contributed by atoms with Gasteiger partial charge in [0.25, 0.3) is 0 Å². The van der Waals surface area contributed by atoms with E-state index < -0.39 is 35.9 Å². The molecule has 0 fully saturated rings. The highest BCUT2D eigenvalue weighted by Crippen LogP contribution is 2.38. The fourth-order valence-corrected chi connectivity index (χ4v) is 1.88. The summed E-state index contributed by atoms with van der Waals surface area (Å²) >= 11 is 2.64. The van der Waals surface area contributed by atoms with Crippen molar-refractivity contribution in [3.63, 3.8) is 0 Å². The first-order valence-corrected chi connectivity index (χ1v) is 5.72. The van der Waals surface area contributed by atoms with Crippen molar-refractivity contribution in [2.75, 3.05) is 11.1 Å². The van der Waals surface area contributed by atoms with Gasteiger partial charge >= 0.3 is 12.4 Å². The Bertz CT molecular complexity index is 526. The van der Waals surface area contributed by atoms with Crippen molar-refractivity contribution in [3.05, 3.63) is 22.2 Å². The number of nitrogens with one attached hydrogen (secondary N) is 1. The lowest BCUT2D eigenvalue weighted by molar-refractivity contribution is -0.150. The fourth-order valence-electron chi connectivity index (χ4n) is 1.29. The molecule has 0 aliphatic rings. The molecule has 1 aromatic rings. The molecule has 0 aromatic heterocycles. The highest BCUT2D eigenvalue weighted by atomic mass is 79.9. The van der Waals surface area contributed by atoms with Gasteiger partial charge in [-0.05, 0) is 12.1 Å². The van der Waals surface area contributed by atoms with Gasteiger partial charge in [-0.1, -0.05) is 15.9 Å². The lowest BCUT2D eigenvalue weighted by Crippen LogP contribution is -2.22. The number of carbonyl (C=O) groups excluding carboxylic acids is 1. The van der Waals surface area contributed by atoms with Crippen LogP contribution in [0.15, 0.2) is 16.6 Å². The molecular weight excluding hydrogens is 358 g/mol. The molecule has 3 N–H and O–H groups in total. The molecule has 10 heteroatoms. The number of anilines is 2. The van der Waals surface area contributed by atoms with Gasteiger partial charge in [0.05, 0.1) is 16.9 Å². The number of rotatable bonds is 2. The molecule has 0 atom stereocenters. The largest absolute Gasteiger partial charge is 0.417 e. The maximum Gasteiger partial charge on any atom is 0.417 e. The van der Waals surface area contributed by atoms with E-state index in [4.69, 9.17) is 5.73 Å². The van der Waals surface area contributed by atoms with E-state index in [0.717, 1.165) is 6.07 Å². The zero-order chi connectivity index (χ0) is 15.7. The smallest absolute Gasteiger partial charge is 0.397 e. The summed E-state index contributed by atoms with van der Waals surface area (Å²) in [6, 6.07) is 1.32. The first kappa shape index (κ1) is 16.6. The molecule has 0 aliphatic carbocycles. The van der Waals surface area contributed by atoms with Crippen LogP contribution in [-0.2, 0) is 11.0 Å².